The van der Waals surface area contributed by atoms with E-state index < -0.39 is 66.7 Å². The van der Waals surface area contributed by atoms with Crippen LogP contribution in [0.5, 0.6) is 0 Å². The van der Waals surface area contributed by atoms with Crippen LogP contribution in [0, 0.1) is 0 Å². The second-order valence-corrected chi connectivity index (χ2v) is 15.9. The maximum Gasteiger partial charge on any atom is 1.00 e. The Hall–Kier alpha value is -2.30. The molecule has 1 aromatic carbocycles. The van der Waals surface area contributed by atoms with Crippen molar-refractivity contribution < 1.29 is 66.5 Å². The molecule has 37 heavy (non-hydrogen) atoms. The average Bonchev–Trinajstić information content (AvgIpc) is 2.79. The molecule has 0 spiro atoms. The van der Waals surface area contributed by atoms with Crippen molar-refractivity contribution in [1.29, 1.82) is 0 Å². The molecule has 0 aromatic heterocycles. The van der Waals surface area contributed by atoms with E-state index in [0.717, 1.165) is 5.19 Å². The van der Waals surface area contributed by atoms with Crippen molar-refractivity contribution in [2.45, 2.75) is 38.6 Å². The molecular weight excluding hydrogens is 533 g/mol. The first-order valence-electron chi connectivity index (χ1n) is 11.2. The van der Waals surface area contributed by atoms with E-state index in [1.54, 1.807) is 19.1 Å². The number of likely N-dealkylation sites (N-methyl/N-ethyl adjacent to an activating group) is 1. The molecule has 1 aromatic rings. The number of piperazine rings is 1. The van der Waals surface area contributed by atoms with Crippen LogP contribution in [-0.2, 0) is 29.5 Å². The standard InChI is InChI=1S/C21H29N5O8SSi.Na/c1-5-24-10-11-25(20(30)19(24)29)21(31)23-16(13-6-8-14(9-7-13)36(2,3)4)17(27)22-15-12-26(18(15)28)35(32,33)34;/h6-9,15-16H,5,10-12H2,1-4H3,(H,22,27)(H,23,31)(H,32,33,34);/q;+1/p-1. The molecule has 6 amide bonds. The van der Waals surface area contributed by atoms with Gasteiger partial charge in [0, 0.05) is 19.6 Å². The van der Waals surface area contributed by atoms with Gasteiger partial charge in [0.2, 0.25) is 5.91 Å². The van der Waals surface area contributed by atoms with Gasteiger partial charge in [0.25, 0.3) is 5.91 Å². The molecule has 0 aliphatic carbocycles. The third-order valence-corrected chi connectivity index (χ3v) is 8.99. The Bertz CT molecular complexity index is 1200. The van der Waals surface area contributed by atoms with Crippen molar-refractivity contribution in [2.75, 3.05) is 26.2 Å². The maximum atomic E-state index is 13.1. The van der Waals surface area contributed by atoms with E-state index in [1.165, 1.54) is 4.90 Å². The predicted molar refractivity (Wildman–Crippen MR) is 128 cm³/mol. The summed E-state index contributed by atoms with van der Waals surface area (Å²) in [6.45, 7) is 7.95. The van der Waals surface area contributed by atoms with Crippen LogP contribution in [-0.4, -0.2) is 97.0 Å². The summed E-state index contributed by atoms with van der Waals surface area (Å²) >= 11 is 0. The first-order valence-corrected chi connectivity index (χ1v) is 16.1. The van der Waals surface area contributed by atoms with Crippen LogP contribution in [0.1, 0.15) is 18.5 Å². The van der Waals surface area contributed by atoms with Crippen molar-refractivity contribution in [1.82, 2.24) is 24.7 Å². The summed E-state index contributed by atoms with van der Waals surface area (Å²) < 4.78 is 33.3. The second-order valence-electron chi connectivity index (χ2n) is 9.48. The van der Waals surface area contributed by atoms with Crippen LogP contribution < -0.4 is 45.4 Å². The van der Waals surface area contributed by atoms with Crippen molar-refractivity contribution in [2.24, 2.45) is 0 Å². The van der Waals surface area contributed by atoms with Gasteiger partial charge >= 0.3 is 47.4 Å². The molecule has 0 saturated carbocycles. The molecule has 2 heterocycles. The van der Waals surface area contributed by atoms with Gasteiger partial charge in [-0.25, -0.2) is 17.5 Å². The number of amides is 6. The van der Waals surface area contributed by atoms with Crippen LogP contribution >= 0.6 is 0 Å². The van der Waals surface area contributed by atoms with Crippen LogP contribution in [0.15, 0.2) is 24.3 Å². The summed E-state index contributed by atoms with van der Waals surface area (Å²) in [5.74, 6) is -3.80. The molecule has 2 aliphatic heterocycles. The van der Waals surface area contributed by atoms with Crippen molar-refractivity contribution in [3.63, 3.8) is 0 Å². The van der Waals surface area contributed by atoms with Gasteiger partial charge in [-0.1, -0.05) is 49.1 Å². The van der Waals surface area contributed by atoms with E-state index in [-0.39, 0.29) is 47.0 Å². The Morgan fingerprint density at radius 1 is 1.08 bits per heavy atom. The number of benzene rings is 1. The molecule has 2 atom stereocenters. The van der Waals surface area contributed by atoms with Crippen molar-refractivity contribution in [3.05, 3.63) is 29.8 Å². The van der Waals surface area contributed by atoms with Crippen LogP contribution in [0.3, 0.4) is 0 Å². The van der Waals surface area contributed by atoms with Gasteiger partial charge in [0.1, 0.15) is 12.1 Å². The molecule has 2 fully saturated rings. The monoisotopic (exact) mass is 561 g/mol. The quantitative estimate of drug-likeness (QED) is 0.145. The fraction of sp³-hybridized carbons (Fsp3) is 0.476. The second kappa shape index (κ2) is 11.6. The number of carbonyl (C=O) groups is 5. The fourth-order valence-corrected chi connectivity index (χ4v) is 5.65. The largest absolute Gasteiger partial charge is 1.00 e. The van der Waals surface area contributed by atoms with E-state index in [2.05, 4.69) is 30.3 Å². The maximum absolute atomic E-state index is 13.1. The molecule has 2 aliphatic rings. The zero-order valence-electron chi connectivity index (χ0n) is 21.3. The normalized spacial score (nSPS) is 19.1. The molecular formula is C21H28N5NaO8SSi. The summed E-state index contributed by atoms with van der Waals surface area (Å²) in [7, 11) is -6.67. The third kappa shape index (κ3) is 6.77. The molecule has 2 N–H and O–H groups in total. The van der Waals surface area contributed by atoms with Gasteiger partial charge in [0.15, 0.2) is 10.3 Å². The number of nitrogens with zero attached hydrogens (tertiary/aromatic N) is 3. The zero-order valence-corrected chi connectivity index (χ0v) is 25.1. The summed E-state index contributed by atoms with van der Waals surface area (Å²) in [4.78, 5) is 64.7. The minimum Gasteiger partial charge on any atom is -0.731 e. The van der Waals surface area contributed by atoms with Crippen LogP contribution in [0.4, 0.5) is 4.79 Å². The summed E-state index contributed by atoms with van der Waals surface area (Å²) in [6, 6.07) is 3.31. The number of urea groups is 1. The molecule has 196 valence electrons. The van der Waals surface area contributed by atoms with Crippen molar-refractivity contribution in [3.8, 4) is 0 Å². The summed E-state index contributed by atoms with van der Waals surface area (Å²) in [6.07, 6.45) is 0. The third-order valence-electron chi connectivity index (χ3n) is 6.05. The number of hydrogen-bond donors (Lipinski definition) is 2. The van der Waals surface area contributed by atoms with Gasteiger partial charge in [0.05, 0.1) is 14.6 Å². The van der Waals surface area contributed by atoms with E-state index in [1.807, 2.05) is 12.1 Å². The van der Waals surface area contributed by atoms with E-state index in [9.17, 15) is 36.9 Å². The van der Waals surface area contributed by atoms with E-state index in [0.29, 0.717) is 17.0 Å². The van der Waals surface area contributed by atoms with Gasteiger partial charge in [-0.05, 0) is 12.5 Å². The van der Waals surface area contributed by atoms with Crippen LogP contribution in [0.25, 0.3) is 0 Å². The Morgan fingerprint density at radius 2 is 1.68 bits per heavy atom. The average molecular weight is 562 g/mol. The minimum atomic E-state index is -4.99. The first-order chi connectivity index (χ1) is 16.6. The van der Waals surface area contributed by atoms with Gasteiger partial charge < -0.3 is 20.1 Å². The zero-order chi connectivity index (χ0) is 27.0. The Morgan fingerprint density at radius 3 is 2.16 bits per heavy atom. The number of β-lactam (4-membered cyclic amide) rings is 1. The smallest absolute Gasteiger partial charge is 0.731 e. The predicted octanol–water partition coefficient (Wildman–Crippen LogP) is -4.54. The Balaban J connectivity index is 0.00000481. The topological polar surface area (TPSA) is 176 Å². The molecule has 2 saturated heterocycles. The van der Waals surface area contributed by atoms with Crippen LogP contribution in [0.2, 0.25) is 19.6 Å². The van der Waals surface area contributed by atoms with Crippen molar-refractivity contribution >= 4 is 53.2 Å². The molecule has 2 unspecified atom stereocenters. The Kier molecular flexibility index (Phi) is 9.70. The first kappa shape index (κ1) is 30.9. The fourth-order valence-electron chi connectivity index (χ4n) is 3.81. The molecule has 13 nitrogen and oxygen atoms in total. The number of hydrogen-bond acceptors (Lipinski definition) is 8. The van der Waals surface area contributed by atoms with Gasteiger partial charge in [-0.2, -0.15) is 0 Å². The number of carbonyl (C=O) groups excluding carboxylic acids is 5. The molecule has 0 bridgehead atoms. The number of nitrogens with one attached hydrogen (secondary N) is 2. The van der Waals surface area contributed by atoms with Gasteiger partial charge in [-0.15, -0.1) is 0 Å². The molecule has 16 heteroatoms. The Labute approximate surface area is 238 Å². The SMILES string of the molecule is CCN1CCN(C(=O)NC(C(=O)NC2CN(S(=O)(=O)[O-])C2=O)c2ccc([Si](C)(C)C)cc2)C(=O)C1=O.[Na+]. The summed E-state index contributed by atoms with van der Waals surface area (Å²) in [5.41, 5.74) is 0.342. The molecule has 0 radical (unpaired) electrons. The summed E-state index contributed by atoms with van der Waals surface area (Å²) in [5, 5.41) is 5.86. The van der Waals surface area contributed by atoms with E-state index >= 15 is 0 Å². The van der Waals surface area contributed by atoms with Gasteiger partial charge in [-0.3, -0.25) is 24.1 Å². The van der Waals surface area contributed by atoms with E-state index in [4.69, 9.17) is 0 Å². The minimum absolute atomic E-state index is 0. The molecule has 3 rings (SSSR count). The number of imide groups is 1. The number of rotatable bonds is 7.